The third kappa shape index (κ3) is 1.74. The highest BCUT2D eigenvalue weighted by atomic mass is 16.5. The summed E-state index contributed by atoms with van der Waals surface area (Å²) in [4.78, 5) is 21.2. The van der Waals surface area contributed by atoms with Gasteiger partial charge in [-0.25, -0.2) is 4.79 Å². The van der Waals surface area contributed by atoms with Crippen LogP contribution in [0.25, 0.3) is 6.08 Å². The van der Waals surface area contributed by atoms with Crippen LogP contribution in [-0.2, 0) is 4.79 Å². The summed E-state index contributed by atoms with van der Waals surface area (Å²) in [6.45, 7) is 0.239. The van der Waals surface area contributed by atoms with E-state index in [2.05, 4.69) is 0 Å². The van der Waals surface area contributed by atoms with E-state index in [0.717, 1.165) is 0 Å². The van der Waals surface area contributed by atoms with Crippen LogP contribution in [0.4, 0.5) is 0 Å². The predicted molar refractivity (Wildman–Crippen MR) is 52.9 cm³/mol. The van der Waals surface area contributed by atoms with E-state index in [4.69, 9.17) is 9.84 Å². The van der Waals surface area contributed by atoms with Gasteiger partial charge in [-0.3, -0.25) is 4.79 Å². The number of carboxylic acid groups (broad SMARTS) is 1. The highest BCUT2D eigenvalue weighted by Gasteiger charge is 2.13. The Bertz CT molecular complexity index is 460. The molecule has 0 amide bonds. The number of rotatable bonds is 2. The number of ether oxygens (including phenoxy) is 1. The maximum absolute atomic E-state index is 10.7. The first-order chi connectivity index (χ1) is 7.20. The molecule has 0 aliphatic carbocycles. The third-order valence-electron chi connectivity index (χ3n) is 2.14. The second-order valence-electron chi connectivity index (χ2n) is 3.18. The van der Waals surface area contributed by atoms with Gasteiger partial charge in [-0.2, -0.15) is 0 Å². The van der Waals surface area contributed by atoms with Gasteiger partial charge in [0.05, 0.1) is 5.56 Å². The molecule has 4 heteroatoms. The fraction of sp³-hybridized carbons (Fsp3) is 0.0909. The van der Waals surface area contributed by atoms with Crippen molar-refractivity contribution in [2.75, 3.05) is 6.61 Å². The maximum Gasteiger partial charge on any atom is 0.335 e. The van der Waals surface area contributed by atoms with Gasteiger partial charge < -0.3 is 9.84 Å². The maximum atomic E-state index is 10.7. The fourth-order valence-corrected chi connectivity index (χ4v) is 1.40. The van der Waals surface area contributed by atoms with E-state index in [0.29, 0.717) is 23.2 Å². The summed E-state index contributed by atoms with van der Waals surface area (Å²) < 4.78 is 5.27. The van der Waals surface area contributed by atoms with Gasteiger partial charge in [-0.15, -0.1) is 0 Å². The van der Waals surface area contributed by atoms with Crippen LogP contribution in [0, 0.1) is 0 Å². The minimum absolute atomic E-state index is 0.181. The van der Waals surface area contributed by atoms with E-state index in [-0.39, 0.29) is 12.2 Å². The molecule has 1 aromatic rings. The topological polar surface area (TPSA) is 63.6 Å². The van der Waals surface area contributed by atoms with Crippen LogP contribution in [0.2, 0.25) is 0 Å². The van der Waals surface area contributed by atoms with Crippen LogP contribution in [0.1, 0.15) is 15.9 Å². The molecule has 1 aliphatic heterocycles. The van der Waals surface area contributed by atoms with Crippen LogP contribution in [0.5, 0.6) is 5.75 Å². The Morgan fingerprint density at radius 3 is 2.93 bits per heavy atom. The van der Waals surface area contributed by atoms with E-state index in [9.17, 15) is 9.59 Å². The summed E-state index contributed by atoms with van der Waals surface area (Å²) in [6.07, 6.45) is 2.34. The molecular weight excluding hydrogens is 196 g/mol. The van der Waals surface area contributed by atoms with E-state index >= 15 is 0 Å². The molecule has 0 bridgehead atoms. The largest absolute Gasteiger partial charge is 0.488 e. The molecule has 76 valence electrons. The second-order valence-corrected chi connectivity index (χ2v) is 3.18. The average Bonchev–Trinajstić information content (AvgIpc) is 2.27. The van der Waals surface area contributed by atoms with Crippen LogP contribution in [0.3, 0.4) is 0 Å². The summed E-state index contributed by atoms with van der Waals surface area (Å²) in [5, 5.41) is 8.78. The Hall–Kier alpha value is -2.10. The molecule has 15 heavy (non-hydrogen) atoms. The number of aromatic carboxylic acids is 1. The summed E-state index contributed by atoms with van der Waals surface area (Å²) >= 11 is 0. The molecule has 0 saturated carbocycles. The van der Waals surface area contributed by atoms with Gasteiger partial charge in [0, 0.05) is 11.1 Å². The number of carboxylic acids is 1. The van der Waals surface area contributed by atoms with E-state index in [1.807, 2.05) is 0 Å². The van der Waals surface area contributed by atoms with Crippen molar-refractivity contribution in [1.82, 2.24) is 0 Å². The average molecular weight is 204 g/mol. The molecule has 1 heterocycles. The fourth-order valence-electron chi connectivity index (χ4n) is 1.40. The van der Waals surface area contributed by atoms with E-state index in [1.54, 1.807) is 12.1 Å². The van der Waals surface area contributed by atoms with Gasteiger partial charge >= 0.3 is 5.97 Å². The zero-order valence-electron chi connectivity index (χ0n) is 7.77. The normalized spacial score (nSPS) is 13.5. The Kier molecular flexibility index (Phi) is 2.25. The highest BCUT2D eigenvalue weighted by Crippen LogP contribution is 2.26. The molecule has 1 aliphatic rings. The molecule has 0 unspecified atom stereocenters. The molecule has 0 radical (unpaired) electrons. The number of hydrogen-bond acceptors (Lipinski definition) is 3. The smallest absolute Gasteiger partial charge is 0.335 e. The van der Waals surface area contributed by atoms with E-state index in [1.165, 1.54) is 12.1 Å². The third-order valence-corrected chi connectivity index (χ3v) is 2.14. The SMILES string of the molecule is O=CC1=Cc2cc(C(=O)O)ccc2OC1. The van der Waals surface area contributed by atoms with Crippen molar-refractivity contribution < 1.29 is 19.4 Å². The monoisotopic (exact) mass is 204 g/mol. The Morgan fingerprint density at radius 1 is 1.47 bits per heavy atom. The Balaban J connectivity index is 2.48. The first-order valence-electron chi connectivity index (χ1n) is 4.36. The van der Waals surface area contributed by atoms with Crippen LogP contribution in [-0.4, -0.2) is 24.0 Å². The predicted octanol–water partition coefficient (Wildman–Crippen LogP) is 1.36. The zero-order valence-corrected chi connectivity index (χ0v) is 7.77. The standard InChI is InChI=1S/C11H8O4/c12-5-7-3-9-4-8(11(13)14)1-2-10(9)15-6-7/h1-5H,6H2,(H,13,14). The minimum Gasteiger partial charge on any atom is -0.488 e. The van der Waals surface area contributed by atoms with Gasteiger partial charge in [0.25, 0.3) is 0 Å². The quantitative estimate of drug-likeness (QED) is 0.739. The molecular formula is C11H8O4. The lowest BCUT2D eigenvalue weighted by atomic mass is 10.1. The van der Waals surface area contributed by atoms with Crippen molar-refractivity contribution in [1.29, 1.82) is 0 Å². The number of fused-ring (bicyclic) bond motifs is 1. The minimum atomic E-state index is -0.996. The number of hydrogen-bond donors (Lipinski definition) is 1. The van der Waals surface area contributed by atoms with Crippen LogP contribution >= 0.6 is 0 Å². The van der Waals surface area contributed by atoms with Gasteiger partial charge in [0.15, 0.2) is 0 Å². The zero-order chi connectivity index (χ0) is 10.8. The number of carbonyl (C=O) groups excluding carboxylic acids is 1. The summed E-state index contributed by atoms with van der Waals surface area (Å²) in [7, 11) is 0. The van der Waals surface area contributed by atoms with Crippen molar-refractivity contribution in [3.8, 4) is 5.75 Å². The van der Waals surface area contributed by atoms with Crippen LogP contribution < -0.4 is 4.74 Å². The number of carbonyl (C=O) groups is 2. The molecule has 0 fully saturated rings. The lowest BCUT2D eigenvalue weighted by Crippen LogP contribution is -2.09. The molecule has 2 rings (SSSR count). The van der Waals surface area contributed by atoms with E-state index < -0.39 is 5.97 Å². The molecule has 1 N–H and O–H groups in total. The molecule has 0 saturated heterocycles. The number of aldehydes is 1. The van der Waals surface area contributed by atoms with Crippen molar-refractivity contribution in [3.63, 3.8) is 0 Å². The van der Waals surface area contributed by atoms with Crippen molar-refractivity contribution in [2.45, 2.75) is 0 Å². The first kappa shape index (κ1) is 9.45. The van der Waals surface area contributed by atoms with Gasteiger partial charge in [-0.05, 0) is 24.3 Å². The van der Waals surface area contributed by atoms with Gasteiger partial charge in [0.1, 0.15) is 18.6 Å². The lowest BCUT2D eigenvalue weighted by Gasteiger charge is -2.15. The summed E-state index contributed by atoms with van der Waals surface area (Å²) in [6, 6.07) is 4.55. The van der Waals surface area contributed by atoms with Crippen LogP contribution in [0.15, 0.2) is 23.8 Å². The van der Waals surface area contributed by atoms with Gasteiger partial charge in [-0.1, -0.05) is 0 Å². The Labute approximate surface area is 85.8 Å². The summed E-state index contributed by atoms with van der Waals surface area (Å²) in [5.74, 6) is -0.393. The molecule has 1 aromatic carbocycles. The van der Waals surface area contributed by atoms with Crippen molar-refractivity contribution >= 4 is 18.3 Å². The highest BCUT2D eigenvalue weighted by molar-refractivity contribution is 5.90. The summed E-state index contributed by atoms with van der Waals surface area (Å²) in [5.41, 5.74) is 1.31. The second kappa shape index (κ2) is 3.57. The molecule has 4 nitrogen and oxygen atoms in total. The van der Waals surface area contributed by atoms with Gasteiger partial charge in [0.2, 0.25) is 0 Å². The molecule has 0 aromatic heterocycles. The number of benzene rings is 1. The first-order valence-corrected chi connectivity index (χ1v) is 4.36. The Morgan fingerprint density at radius 2 is 2.27 bits per heavy atom. The van der Waals surface area contributed by atoms with Crippen molar-refractivity contribution in [2.24, 2.45) is 0 Å². The molecule has 0 atom stereocenters. The van der Waals surface area contributed by atoms with Crippen molar-refractivity contribution in [3.05, 3.63) is 34.9 Å². The lowest BCUT2D eigenvalue weighted by molar-refractivity contribution is -0.105. The molecule has 0 spiro atoms.